The molecule has 2 heterocycles. The van der Waals surface area contributed by atoms with Gasteiger partial charge in [0.2, 0.25) is 0 Å². The highest BCUT2D eigenvalue weighted by Gasteiger charge is 2.46. The highest BCUT2D eigenvalue weighted by molar-refractivity contribution is 6.35. The third kappa shape index (κ3) is 5.88. The lowest BCUT2D eigenvalue weighted by Gasteiger charge is -2.20. The first-order chi connectivity index (χ1) is 20.5. The maximum Gasteiger partial charge on any atom is 0.309 e. The number of methoxy groups -OCH3 is 1. The van der Waals surface area contributed by atoms with Crippen LogP contribution in [-0.4, -0.2) is 46.1 Å². The molecule has 6 rings (SSSR count). The molecule has 214 valence electrons. The van der Waals surface area contributed by atoms with Gasteiger partial charge in [-0.1, -0.05) is 30.3 Å². The first-order valence-corrected chi connectivity index (χ1v) is 14.1. The van der Waals surface area contributed by atoms with Gasteiger partial charge in [-0.15, -0.1) is 0 Å². The molecule has 4 aromatic rings. The van der Waals surface area contributed by atoms with Crippen LogP contribution in [0, 0.1) is 0 Å². The molecule has 10 heteroatoms. The van der Waals surface area contributed by atoms with Crippen LogP contribution < -0.4 is 20.7 Å². The van der Waals surface area contributed by atoms with Gasteiger partial charge in [-0.25, -0.2) is 0 Å². The minimum atomic E-state index is -0.776. The molecular formula is C32H32N6O4. The zero-order valence-corrected chi connectivity index (χ0v) is 23.3. The van der Waals surface area contributed by atoms with Crippen LogP contribution in [0.3, 0.4) is 0 Å². The van der Waals surface area contributed by atoms with E-state index >= 15 is 0 Å². The Morgan fingerprint density at radius 1 is 1.05 bits per heavy atom. The van der Waals surface area contributed by atoms with E-state index < -0.39 is 17.4 Å². The molecule has 0 radical (unpaired) electrons. The Kier molecular flexibility index (Phi) is 7.43. The maximum absolute atomic E-state index is 13.5. The highest BCUT2D eigenvalue weighted by Crippen LogP contribution is 2.48. The summed E-state index contributed by atoms with van der Waals surface area (Å²) in [7, 11) is 1.64. The smallest absolute Gasteiger partial charge is 0.309 e. The van der Waals surface area contributed by atoms with Crippen molar-refractivity contribution in [2.45, 2.75) is 43.8 Å². The van der Waals surface area contributed by atoms with Crippen molar-refractivity contribution < 1.29 is 19.1 Å². The molecule has 2 aromatic carbocycles. The molecular weight excluding hydrogens is 532 g/mol. The number of carbonyl (C=O) groups excluding carboxylic acids is 3. The van der Waals surface area contributed by atoms with Crippen molar-refractivity contribution in [1.29, 1.82) is 0 Å². The number of nitrogens with zero attached hydrogens (tertiary/aromatic N) is 3. The van der Waals surface area contributed by atoms with Gasteiger partial charge in [-0.3, -0.25) is 24.0 Å². The van der Waals surface area contributed by atoms with E-state index in [1.165, 1.54) is 0 Å². The van der Waals surface area contributed by atoms with Gasteiger partial charge in [0.15, 0.2) is 0 Å². The second-order valence-corrected chi connectivity index (χ2v) is 10.7. The van der Waals surface area contributed by atoms with E-state index in [0.717, 1.165) is 47.8 Å². The van der Waals surface area contributed by atoms with Crippen molar-refractivity contribution in [2.75, 3.05) is 13.7 Å². The predicted molar refractivity (Wildman–Crippen MR) is 158 cm³/mol. The average molecular weight is 565 g/mol. The van der Waals surface area contributed by atoms with E-state index in [0.29, 0.717) is 22.9 Å². The molecule has 2 aromatic heterocycles. The molecule has 0 unspecified atom stereocenters. The van der Waals surface area contributed by atoms with E-state index in [1.54, 1.807) is 49.7 Å². The third-order valence-electron chi connectivity index (χ3n) is 7.65. The number of amides is 3. The number of carbonyl (C=O) groups is 3. The minimum Gasteiger partial charge on any atom is -0.494 e. The fourth-order valence-corrected chi connectivity index (χ4v) is 5.01. The second-order valence-electron chi connectivity index (χ2n) is 10.7. The monoisotopic (exact) mass is 564 g/mol. The fourth-order valence-electron chi connectivity index (χ4n) is 5.01. The number of hydrogen-bond acceptors (Lipinski definition) is 6. The van der Waals surface area contributed by atoms with Crippen LogP contribution in [0.4, 0.5) is 0 Å². The summed E-state index contributed by atoms with van der Waals surface area (Å²) in [6.07, 6.45) is 11.1. The van der Waals surface area contributed by atoms with Gasteiger partial charge in [-0.05, 0) is 73.2 Å². The number of fused-ring (bicyclic) bond motifs is 1. The van der Waals surface area contributed by atoms with Gasteiger partial charge in [0, 0.05) is 36.4 Å². The molecule has 42 heavy (non-hydrogen) atoms. The van der Waals surface area contributed by atoms with Gasteiger partial charge < -0.3 is 20.7 Å². The van der Waals surface area contributed by atoms with Gasteiger partial charge in [0.25, 0.3) is 5.91 Å². The number of aromatic nitrogens is 3. The van der Waals surface area contributed by atoms with Crippen molar-refractivity contribution in [1.82, 2.24) is 30.7 Å². The number of ether oxygens (including phenoxy) is 1. The Morgan fingerprint density at radius 3 is 2.57 bits per heavy atom. The normalized spacial score (nSPS) is 15.4. The predicted octanol–water partition coefficient (Wildman–Crippen LogP) is 3.64. The molecule has 10 nitrogen and oxygen atoms in total. The second kappa shape index (κ2) is 11.5. The molecule has 3 N–H and O–H groups in total. The van der Waals surface area contributed by atoms with E-state index in [9.17, 15) is 14.4 Å². The van der Waals surface area contributed by atoms with E-state index in [2.05, 4.69) is 33.2 Å². The van der Waals surface area contributed by atoms with Crippen molar-refractivity contribution in [3.05, 3.63) is 95.5 Å². The fraction of sp³-hybridized carbons (Fsp3) is 0.281. The van der Waals surface area contributed by atoms with E-state index in [-0.39, 0.29) is 19.0 Å². The molecule has 2 fully saturated rings. The zero-order chi connectivity index (χ0) is 29.1. The van der Waals surface area contributed by atoms with Crippen LogP contribution in [0.15, 0.2) is 73.1 Å². The largest absolute Gasteiger partial charge is 0.494 e. The molecule has 0 spiro atoms. The summed E-state index contributed by atoms with van der Waals surface area (Å²) in [4.78, 5) is 42.4. The van der Waals surface area contributed by atoms with Gasteiger partial charge >= 0.3 is 11.8 Å². The Labute approximate surface area is 243 Å². The van der Waals surface area contributed by atoms with Crippen LogP contribution >= 0.6 is 0 Å². The summed E-state index contributed by atoms with van der Waals surface area (Å²) in [6, 6.07) is 17.1. The van der Waals surface area contributed by atoms with Crippen LogP contribution in [-0.2, 0) is 21.7 Å². The molecule has 3 amide bonds. The summed E-state index contributed by atoms with van der Waals surface area (Å²) >= 11 is 0. The summed E-state index contributed by atoms with van der Waals surface area (Å²) < 4.78 is 7.68. The topological polar surface area (TPSA) is 127 Å². The third-order valence-corrected chi connectivity index (χ3v) is 7.65. The lowest BCUT2D eigenvalue weighted by molar-refractivity contribution is -0.139. The number of nitrogens with one attached hydrogen (secondary N) is 3. The lowest BCUT2D eigenvalue weighted by Crippen LogP contribution is -2.40. The molecule has 0 bridgehead atoms. The maximum atomic E-state index is 13.5. The molecule has 2 saturated carbocycles. The van der Waals surface area contributed by atoms with Crippen molar-refractivity contribution >= 4 is 34.7 Å². The molecule has 2 aliphatic carbocycles. The summed E-state index contributed by atoms with van der Waals surface area (Å²) in [5.41, 5.74) is 3.11. The van der Waals surface area contributed by atoms with Crippen LogP contribution in [0.25, 0.3) is 17.0 Å². The summed E-state index contributed by atoms with van der Waals surface area (Å²) in [5, 5.41) is 14.1. The molecule has 0 saturated heterocycles. The molecule has 0 aliphatic heterocycles. The lowest BCUT2D eigenvalue weighted by atomic mass is 10.0. The van der Waals surface area contributed by atoms with Crippen LogP contribution in [0.5, 0.6) is 5.75 Å². The quantitative estimate of drug-likeness (QED) is 0.253. The number of pyridine rings is 1. The van der Waals surface area contributed by atoms with Crippen LogP contribution in [0.1, 0.15) is 58.9 Å². The average Bonchev–Trinajstić information content (AvgIpc) is 3.96. The Hall–Kier alpha value is -4.99. The van der Waals surface area contributed by atoms with Crippen molar-refractivity contribution in [3.63, 3.8) is 0 Å². The van der Waals surface area contributed by atoms with Crippen molar-refractivity contribution in [3.8, 4) is 5.75 Å². The Morgan fingerprint density at radius 2 is 1.83 bits per heavy atom. The standard InChI is InChI=1S/C32H32N6O4/c1-42-27-18-23(17-22-20-38(25-11-12-25)37-28(22)27)32(13-14-32)36-29(39)26-10-3-2-7-21(26)19-35-31(41)30(40)34-16-6-9-24-8-4-5-15-33-24/h2-10,15,17-18,20,25H,11-14,16,19H2,1H3,(H,34,40)(H,35,41)(H,36,39)/b9-6+. The summed E-state index contributed by atoms with van der Waals surface area (Å²) in [5.74, 6) is -1.08. The Bertz CT molecular complexity index is 1670. The highest BCUT2D eigenvalue weighted by atomic mass is 16.5. The number of rotatable bonds is 10. The van der Waals surface area contributed by atoms with Crippen LogP contribution in [0.2, 0.25) is 0 Å². The molecule has 2 aliphatic rings. The van der Waals surface area contributed by atoms with Gasteiger partial charge in [0.1, 0.15) is 11.3 Å². The molecule has 0 atom stereocenters. The zero-order valence-electron chi connectivity index (χ0n) is 23.3. The first-order valence-electron chi connectivity index (χ1n) is 14.1. The van der Waals surface area contributed by atoms with Crippen molar-refractivity contribution in [2.24, 2.45) is 0 Å². The first kappa shape index (κ1) is 27.2. The number of benzene rings is 2. The SMILES string of the molecule is COc1cc(C2(NC(=O)c3ccccc3CNC(=O)C(=O)NC/C=C/c3ccccn3)CC2)cc2cn(C3CC3)nc12. The van der Waals surface area contributed by atoms with E-state index in [4.69, 9.17) is 9.84 Å². The Balaban J connectivity index is 1.09. The summed E-state index contributed by atoms with van der Waals surface area (Å²) in [6.45, 7) is 0.217. The number of hydrogen-bond donors (Lipinski definition) is 3. The van der Waals surface area contributed by atoms with Gasteiger partial charge in [-0.2, -0.15) is 5.10 Å². The van der Waals surface area contributed by atoms with Gasteiger partial charge in [0.05, 0.1) is 24.4 Å². The minimum absolute atomic E-state index is 0.0345. The van der Waals surface area contributed by atoms with E-state index in [1.807, 2.05) is 28.9 Å².